The van der Waals surface area contributed by atoms with Crippen LogP contribution in [-0.2, 0) is 23.1 Å². The zero-order chi connectivity index (χ0) is 21.1. The molecule has 0 aliphatic carbocycles. The van der Waals surface area contributed by atoms with Gasteiger partial charge in [0.1, 0.15) is 17.6 Å². The van der Waals surface area contributed by atoms with E-state index in [1.54, 1.807) is 29.2 Å². The van der Waals surface area contributed by atoms with Gasteiger partial charge < -0.3 is 14.7 Å². The molecule has 0 spiro atoms. The Morgan fingerprint density at radius 2 is 2.20 bits per heavy atom. The highest BCUT2D eigenvalue weighted by molar-refractivity contribution is 7.99. The Morgan fingerprint density at radius 3 is 2.90 bits per heavy atom. The predicted molar refractivity (Wildman–Crippen MR) is 113 cm³/mol. The van der Waals surface area contributed by atoms with Gasteiger partial charge in [0, 0.05) is 26.3 Å². The fourth-order valence-corrected chi connectivity index (χ4v) is 4.65. The molecule has 1 aliphatic heterocycles. The monoisotopic (exact) mass is 444 g/mol. The summed E-state index contributed by atoms with van der Waals surface area (Å²) in [7, 11) is 1.80. The van der Waals surface area contributed by atoms with Crippen LogP contribution in [0.2, 0.25) is 0 Å². The molecular weight excluding hydrogens is 424 g/mol. The lowest BCUT2D eigenvalue weighted by molar-refractivity contribution is -0.130. The van der Waals surface area contributed by atoms with Crippen molar-refractivity contribution in [1.82, 2.24) is 19.8 Å². The minimum absolute atomic E-state index is 0.144. The maximum absolute atomic E-state index is 13.0. The standard InChI is InChI=1S/C19H20N6O3S2/c1-24-17(7-6-16(20)26)21-22-19(24)30-11-18(27)25-13(14-4-2-8-28-14)10-12(23-25)15-5-3-9-29-15/h2-5,8-9,13H,6-7,10-11H2,1H3,(H2,20,26). The van der Waals surface area contributed by atoms with Gasteiger partial charge in [0.25, 0.3) is 5.91 Å². The van der Waals surface area contributed by atoms with Crippen LogP contribution in [0.25, 0.3) is 0 Å². The van der Waals surface area contributed by atoms with Gasteiger partial charge in [0.05, 0.1) is 22.6 Å². The first kappa shape index (κ1) is 20.4. The van der Waals surface area contributed by atoms with Crippen LogP contribution in [0.3, 0.4) is 0 Å². The molecule has 30 heavy (non-hydrogen) atoms. The van der Waals surface area contributed by atoms with E-state index in [0.717, 1.165) is 10.6 Å². The van der Waals surface area contributed by atoms with Gasteiger partial charge in [0.2, 0.25) is 5.91 Å². The molecule has 2 amide bonds. The highest BCUT2D eigenvalue weighted by Gasteiger charge is 2.35. The van der Waals surface area contributed by atoms with Gasteiger partial charge in [-0.1, -0.05) is 17.8 Å². The molecule has 1 unspecified atom stereocenters. The molecule has 4 rings (SSSR count). The Labute approximate surface area is 180 Å². The number of thioether (sulfide) groups is 1. The number of hydrogen-bond donors (Lipinski definition) is 1. The van der Waals surface area contributed by atoms with Gasteiger partial charge in [-0.3, -0.25) is 9.59 Å². The predicted octanol–water partition coefficient (Wildman–Crippen LogP) is 2.36. The minimum atomic E-state index is -0.389. The first-order valence-corrected chi connectivity index (χ1v) is 11.2. The number of hydrazone groups is 1. The smallest absolute Gasteiger partial charge is 0.253 e. The van der Waals surface area contributed by atoms with E-state index in [1.165, 1.54) is 16.8 Å². The van der Waals surface area contributed by atoms with Gasteiger partial charge in [0.15, 0.2) is 5.16 Å². The molecule has 9 nitrogen and oxygen atoms in total. The maximum Gasteiger partial charge on any atom is 0.253 e. The van der Waals surface area contributed by atoms with Gasteiger partial charge in [-0.15, -0.1) is 21.5 Å². The summed E-state index contributed by atoms with van der Waals surface area (Å²) in [6, 6.07) is 7.37. The Morgan fingerprint density at radius 1 is 1.33 bits per heavy atom. The molecule has 3 aromatic rings. The second kappa shape index (κ2) is 8.84. The van der Waals surface area contributed by atoms with E-state index in [1.807, 2.05) is 29.6 Å². The Kier molecular flexibility index (Phi) is 6.00. The highest BCUT2D eigenvalue weighted by Crippen LogP contribution is 2.34. The minimum Gasteiger partial charge on any atom is -0.467 e. The summed E-state index contributed by atoms with van der Waals surface area (Å²) >= 11 is 2.88. The number of hydrogen-bond acceptors (Lipinski definition) is 8. The lowest BCUT2D eigenvalue weighted by atomic mass is 10.1. The number of thiophene rings is 1. The fraction of sp³-hybridized carbons (Fsp3) is 0.316. The van der Waals surface area contributed by atoms with Crippen molar-refractivity contribution in [1.29, 1.82) is 0 Å². The van der Waals surface area contributed by atoms with E-state index in [9.17, 15) is 9.59 Å². The molecule has 0 bridgehead atoms. The third kappa shape index (κ3) is 4.31. The molecule has 0 saturated carbocycles. The number of furan rings is 1. The largest absolute Gasteiger partial charge is 0.467 e. The Balaban J connectivity index is 1.46. The Bertz CT molecular complexity index is 1060. The Hall–Kier alpha value is -2.92. The van der Waals surface area contributed by atoms with Crippen LogP contribution in [0.4, 0.5) is 0 Å². The molecule has 0 aromatic carbocycles. The summed E-state index contributed by atoms with van der Waals surface area (Å²) in [6.07, 6.45) is 2.82. The van der Waals surface area contributed by atoms with Crippen LogP contribution in [0.5, 0.6) is 0 Å². The summed E-state index contributed by atoms with van der Waals surface area (Å²) < 4.78 is 7.33. The molecule has 1 aliphatic rings. The van der Waals surface area contributed by atoms with Gasteiger partial charge in [-0.2, -0.15) is 5.10 Å². The zero-order valence-corrected chi connectivity index (χ0v) is 17.9. The normalized spacial score (nSPS) is 16.1. The van der Waals surface area contributed by atoms with Crippen LogP contribution < -0.4 is 5.73 Å². The fourth-order valence-electron chi connectivity index (χ4n) is 3.15. The summed E-state index contributed by atoms with van der Waals surface area (Å²) in [6.45, 7) is 0. The third-order valence-electron chi connectivity index (χ3n) is 4.69. The van der Waals surface area contributed by atoms with Crippen molar-refractivity contribution in [2.45, 2.75) is 30.5 Å². The van der Waals surface area contributed by atoms with Crippen molar-refractivity contribution in [3.05, 3.63) is 52.4 Å². The molecule has 4 heterocycles. The second-order valence-corrected chi connectivity index (χ2v) is 8.60. The van der Waals surface area contributed by atoms with Crippen molar-refractivity contribution in [3.63, 3.8) is 0 Å². The lowest BCUT2D eigenvalue weighted by Crippen LogP contribution is -2.28. The van der Waals surface area contributed by atoms with Crippen LogP contribution in [0.15, 0.2) is 50.6 Å². The number of aromatic nitrogens is 3. The number of rotatable bonds is 8. The van der Waals surface area contributed by atoms with Crippen molar-refractivity contribution in [2.75, 3.05) is 5.75 Å². The van der Waals surface area contributed by atoms with Gasteiger partial charge in [-0.05, 0) is 23.6 Å². The summed E-state index contributed by atoms with van der Waals surface area (Å²) in [5.74, 6) is 0.974. The first-order chi connectivity index (χ1) is 14.5. The van der Waals surface area contributed by atoms with Crippen molar-refractivity contribution in [2.24, 2.45) is 17.9 Å². The first-order valence-electron chi connectivity index (χ1n) is 9.29. The molecule has 3 aromatic heterocycles. The molecule has 0 saturated heterocycles. The molecule has 1 atom stereocenters. The van der Waals surface area contributed by atoms with Crippen LogP contribution >= 0.6 is 23.1 Å². The van der Waals surface area contributed by atoms with E-state index >= 15 is 0 Å². The van der Waals surface area contributed by atoms with Gasteiger partial charge in [-0.25, -0.2) is 5.01 Å². The van der Waals surface area contributed by atoms with Crippen LogP contribution in [-0.4, -0.2) is 43.1 Å². The van der Waals surface area contributed by atoms with Crippen LogP contribution in [0.1, 0.15) is 35.3 Å². The molecule has 0 fully saturated rings. The number of amides is 2. The topological polar surface area (TPSA) is 120 Å². The van der Waals surface area contributed by atoms with E-state index < -0.39 is 0 Å². The highest BCUT2D eigenvalue weighted by atomic mass is 32.2. The molecule has 0 radical (unpaired) electrons. The number of nitrogens with two attached hydrogens (primary N) is 1. The molecule has 156 valence electrons. The average Bonchev–Trinajstić information content (AvgIpc) is 3.52. The lowest BCUT2D eigenvalue weighted by Gasteiger charge is -2.19. The number of carbonyl (C=O) groups is 2. The number of primary amides is 1. The quantitative estimate of drug-likeness (QED) is 0.533. The molecule has 11 heteroatoms. The molecular formula is C19H20N6O3S2. The summed E-state index contributed by atoms with van der Waals surface area (Å²) in [5, 5.41) is 16.9. The van der Waals surface area contributed by atoms with E-state index in [0.29, 0.717) is 29.6 Å². The number of nitrogens with zero attached hydrogens (tertiary/aromatic N) is 5. The summed E-state index contributed by atoms with van der Waals surface area (Å²) in [5.41, 5.74) is 6.07. The van der Waals surface area contributed by atoms with Crippen molar-refractivity contribution < 1.29 is 14.0 Å². The van der Waals surface area contributed by atoms with E-state index in [-0.39, 0.29) is 30.0 Å². The summed E-state index contributed by atoms with van der Waals surface area (Å²) in [4.78, 5) is 25.0. The average molecular weight is 445 g/mol. The van der Waals surface area contributed by atoms with E-state index in [4.69, 9.17) is 10.2 Å². The van der Waals surface area contributed by atoms with Crippen LogP contribution in [0, 0.1) is 0 Å². The van der Waals surface area contributed by atoms with Crippen molar-refractivity contribution >= 4 is 40.6 Å². The second-order valence-electron chi connectivity index (χ2n) is 6.71. The van der Waals surface area contributed by atoms with E-state index in [2.05, 4.69) is 15.3 Å². The van der Waals surface area contributed by atoms with Gasteiger partial charge >= 0.3 is 0 Å². The third-order valence-corrected chi connectivity index (χ3v) is 6.61. The van der Waals surface area contributed by atoms with Crippen molar-refractivity contribution in [3.8, 4) is 0 Å². The maximum atomic E-state index is 13.0. The number of aryl methyl sites for hydroxylation is 1. The molecule has 2 N–H and O–H groups in total. The number of carbonyl (C=O) groups excluding carboxylic acids is 2. The SMILES string of the molecule is Cn1c(CCC(N)=O)nnc1SCC(=O)N1N=C(c2cccs2)CC1c1ccco1. The zero-order valence-electron chi connectivity index (χ0n) is 16.2.